The molecule has 1 aliphatic heterocycles. The first-order chi connectivity index (χ1) is 10.8. The Morgan fingerprint density at radius 3 is 2.26 bits per heavy atom. The molecule has 1 heterocycles. The average molecular weight is 333 g/mol. The fraction of sp³-hybridized carbons (Fsp3) is 0.875. The van der Waals surface area contributed by atoms with Gasteiger partial charge in [0.2, 0.25) is 11.8 Å². The number of hydrogen-bond acceptors (Lipinski definition) is 3. The maximum absolute atomic E-state index is 13.5. The van der Waals surface area contributed by atoms with E-state index in [-0.39, 0.29) is 38.2 Å². The number of nitrogens with zero attached hydrogens (tertiary/aromatic N) is 1. The lowest BCUT2D eigenvalue weighted by molar-refractivity contribution is -0.150. The molecule has 0 bridgehead atoms. The molecule has 1 atom stereocenters. The molecular weight excluding hydrogens is 308 g/mol. The molecule has 1 amide bonds. The highest BCUT2D eigenvalue weighted by molar-refractivity contribution is 5.78. The fourth-order valence-corrected chi connectivity index (χ4v) is 3.89. The third-order valence-electron chi connectivity index (χ3n) is 5.24. The van der Waals surface area contributed by atoms with Crippen LogP contribution in [-0.2, 0) is 9.59 Å². The number of rotatable bonds is 5. The first kappa shape index (κ1) is 18.1. The maximum atomic E-state index is 13.5. The zero-order chi connectivity index (χ0) is 17.1. The smallest absolute Gasteiger partial charge is 0.303 e. The summed E-state index contributed by atoms with van der Waals surface area (Å²) in [6.45, 7) is 0.173. The summed E-state index contributed by atoms with van der Waals surface area (Å²) in [6.07, 6.45) is 2.40. The number of carbonyl (C=O) groups is 2. The van der Waals surface area contributed by atoms with Gasteiger partial charge >= 0.3 is 5.97 Å². The van der Waals surface area contributed by atoms with Crippen molar-refractivity contribution in [3.8, 4) is 0 Å². The van der Waals surface area contributed by atoms with Crippen molar-refractivity contribution in [1.82, 2.24) is 4.90 Å². The Kier molecular flexibility index (Phi) is 5.60. The van der Waals surface area contributed by atoms with Crippen LogP contribution in [0.5, 0.6) is 0 Å². The molecular formula is C16H25F2NO4. The van der Waals surface area contributed by atoms with Gasteiger partial charge in [0.15, 0.2) is 0 Å². The third kappa shape index (κ3) is 4.40. The van der Waals surface area contributed by atoms with E-state index in [2.05, 4.69) is 0 Å². The van der Waals surface area contributed by atoms with Gasteiger partial charge in [-0.15, -0.1) is 0 Å². The number of carboxylic acids is 1. The highest BCUT2D eigenvalue weighted by Crippen LogP contribution is 2.46. The summed E-state index contributed by atoms with van der Waals surface area (Å²) in [4.78, 5) is 25.1. The first-order valence-corrected chi connectivity index (χ1v) is 8.29. The molecule has 7 heteroatoms. The molecule has 132 valence electrons. The Hall–Kier alpha value is -1.24. The maximum Gasteiger partial charge on any atom is 0.303 e. The topological polar surface area (TPSA) is 77.8 Å². The quantitative estimate of drug-likeness (QED) is 0.810. The summed E-state index contributed by atoms with van der Waals surface area (Å²) in [5, 5.41) is 18.1. The van der Waals surface area contributed by atoms with Crippen LogP contribution in [0.2, 0.25) is 0 Å². The lowest BCUT2D eigenvalue weighted by Crippen LogP contribution is -2.57. The molecule has 23 heavy (non-hydrogen) atoms. The summed E-state index contributed by atoms with van der Waals surface area (Å²) in [7, 11) is 0. The molecule has 2 fully saturated rings. The second-order valence-electron chi connectivity index (χ2n) is 6.93. The van der Waals surface area contributed by atoms with Crippen molar-refractivity contribution in [3.63, 3.8) is 0 Å². The molecule has 2 aliphatic rings. The number of alkyl halides is 2. The SMILES string of the molecule is O=C(O)CC(CO)CC(=O)N1CCCCC12CCC(F)(F)CC2. The van der Waals surface area contributed by atoms with Gasteiger partial charge in [-0.25, -0.2) is 8.78 Å². The van der Waals surface area contributed by atoms with Gasteiger partial charge in [-0.05, 0) is 32.1 Å². The zero-order valence-corrected chi connectivity index (χ0v) is 13.3. The molecule has 1 aliphatic carbocycles. The number of piperidine rings is 1. The molecule has 0 aromatic rings. The van der Waals surface area contributed by atoms with E-state index in [4.69, 9.17) is 5.11 Å². The lowest BCUT2D eigenvalue weighted by atomic mass is 9.73. The van der Waals surface area contributed by atoms with E-state index in [0.29, 0.717) is 19.4 Å². The normalized spacial score (nSPS) is 24.4. The molecule has 2 rings (SSSR count). The van der Waals surface area contributed by atoms with Crippen LogP contribution >= 0.6 is 0 Å². The second kappa shape index (κ2) is 7.11. The number of carboxylic acid groups (broad SMARTS) is 1. The van der Waals surface area contributed by atoms with Gasteiger partial charge in [0, 0.05) is 43.9 Å². The number of hydrogen-bond donors (Lipinski definition) is 2. The van der Waals surface area contributed by atoms with Crippen molar-refractivity contribution in [2.75, 3.05) is 13.2 Å². The van der Waals surface area contributed by atoms with Crippen molar-refractivity contribution in [2.45, 2.75) is 69.2 Å². The summed E-state index contributed by atoms with van der Waals surface area (Å²) in [6, 6.07) is 0. The van der Waals surface area contributed by atoms with Crippen LogP contribution in [0.15, 0.2) is 0 Å². The minimum atomic E-state index is -2.64. The minimum Gasteiger partial charge on any atom is -0.481 e. The molecule has 2 N–H and O–H groups in total. The number of aliphatic carboxylic acids is 1. The van der Waals surface area contributed by atoms with Crippen molar-refractivity contribution in [1.29, 1.82) is 0 Å². The van der Waals surface area contributed by atoms with E-state index in [1.54, 1.807) is 4.90 Å². The summed E-state index contributed by atoms with van der Waals surface area (Å²) >= 11 is 0. The van der Waals surface area contributed by atoms with Crippen LogP contribution in [0, 0.1) is 5.92 Å². The van der Waals surface area contributed by atoms with Crippen LogP contribution < -0.4 is 0 Å². The number of carbonyl (C=O) groups excluding carboxylic acids is 1. The van der Waals surface area contributed by atoms with Gasteiger partial charge in [0.25, 0.3) is 0 Å². The summed E-state index contributed by atoms with van der Waals surface area (Å²) in [5.74, 6) is -4.53. The third-order valence-corrected chi connectivity index (χ3v) is 5.24. The predicted molar refractivity (Wildman–Crippen MR) is 79.2 cm³/mol. The lowest BCUT2D eigenvalue weighted by Gasteiger charge is -2.51. The molecule has 1 saturated heterocycles. The van der Waals surface area contributed by atoms with Crippen LogP contribution in [0.4, 0.5) is 8.78 Å². The minimum absolute atomic E-state index is 0.0407. The summed E-state index contributed by atoms with van der Waals surface area (Å²) < 4.78 is 27.0. The number of amides is 1. The highest BCUT2D eigenvalue weighted by Gasteiger charge is 2.48. The van der Waals surface area contributed by atoms with Crippen LogP contribution in [0.25, 0.3) is 0 Å². The monoisotopic (exact) mass is 333 g/mol. The molecule has 1 spiro atoms. The van der Waals surface area contributed by atoms with E-state index < -0.39 is 23.3 Å². The van der Waals surface area contributed by atoms with Gasteiger partial charge in [0.1, 0.15) is 0 Å². The van der Waals surface area contributed by atoms with Gasteiger partial charge in [-0.2, -0.15) is 0 Å². The molecule has 0 aromatic heterocycles. The molecule has 1 unspecified atom stereocenters. The Balaban J connectivity index is 2.06. The number of aliphatic hydroxyl groups excluding tert-OH is 1. The second-order valence-corrected chi connectivity index (χ2v) is 6.93. The Morgan fingerprint density at radius 1 is 1.04 bits per heavy atom. The first-order valence-electron chi connectivity index (χ1n) is 8.29. The van der Waals surface area contributed by atoms with Gasteiger partial charge in [-0.3, -0.25) is 9.59 Å². The van der Waals surface area contributed by atoms with Crippen molar-refractivity contribution < 1.29 is 28.6 Å². The van der Waals surface area contributed by atoms with Crippen molar-refractivity contribution in [2.24, 2.45) is 5.92 Å². The van der Waals surface area contributed by atoms with Crippen LogP contribution in [0.1, 0.15) is 57.8 Å². The van der Waals surface area contributed by atoms with Gasteiger partial charge in [-0.1, -0.05) is 0 Å². The van der Waals surface area contributed by atoms with Gasteiger partial charge < -0.3 is 15.1 Å². The van der Waals surface area contributed by atoms with E-state index in [1.165, 1.54) is 0 Å². The summed E-state index contributed by atoms with van der Waals surface area (Å²) in [5.41, 5.74) is -0.500. The highest BCUT2D eigenvalue weighted by atomic mass is 19.3. The van der Waals surface area contributed by atoms with Crippen molar-refractivity contribution >= 4 is 11.9 Å². The molecule has 0 radical (unpaired) electrons. The molecule has 1 saturated carbocycles. The molecule has 5 nitrogen and oxygen atoms in total. The fourth-order valence-electron chi connectivity index (χ4n) is 3.89. The van der Waals surface area contributed by atoms with Crippen molar-refractivity contribution in [3.05, 3.63) is 0 Å². The Labute approximate surface area is 134 Å². The number of halogens is 2. The average Bonchev–Trinajstić information content (AvgIpc) is 2.50. The van der Waals surface area contributed by atoms with E-state index in [9.17, 15) is 23.5 Å². The van der Waals surface area contributed by atoms with E-state index in [0.717, 1.165) is 19.3 Å². The molecule has 0 aromatic carbocycles. The zero-order valence-electron chi connectivity index (χ0n) is 13.3. The Bertz CT molecular complexity index is 445. The van der Waals surface area contributed by atoms with Crippen LogP contribution in [0.3, 0.4) is 0 Å². The van der Waals surface area contributed by atoms with Gasteiger partial charge in [0.05, 0.1) is 6.42 Å². The number of likely N-dealkylation sites (tertiary alicyclic amines) is 1. The predicted octanol–water partition coefficient (Wildman–Crippen LogP) is 2.42. The van der Waals surface area contributed by atoms with E-state index >= 15 is 0 Å². The Morgan fingerprint density at radius 2 is 1.70 bits per heavy atom. The number of aliphatic hydroxyl groups is 1. The van der Waals surface area contributed by atoms with E-state index in [1.807, 2.05) is 0 Å². The standard InChI is InChI=1S/C16H25F2NO4/c17-16(18)6-4-15(5-7-16)3-1-2-8-19(15)13(21)9-12(11-20)10-14(22)23/h12,20H,1-11H2,(H,22,23). The van der Waals surface area contributed by atoms with Crippen LogP contribution in [-0.4, -0.2) is 51.6 Å². The largest absolute Gasteiger partial charge is 0.481 e.